The molecule has 1 fully saturated rings. The lowest BCUT2D eigenvalue weighted by Gasteiger charge is -2.13. The molecule has 1 atom stereocenters. The number of pyridine rings is 1. The zero-order valence-electron chi connectivity index (χ0n) is 17.5. The van der Waals surface area contributed by atoms with Gasteiger partial charge in [0.25, 0.3) is 5.91 Å². The van der Waals surface area contributed by atoms with Crippen molar-refractivity contribution in [2.24, 2.45) is 0 Å². The summed E-state index contributed by atoms with van der Waals surface area (Å²) in [7, 11) is 1.67. The van der Waals surface area contributed by atoms with Gasteiger partial charge < -0.3 is 10.0 Å². The van der Waals surface area contributed by atoms with Gasteiger partial charge in [-0.1, -0.05) is 54.3 Å². The Labute approximate surface area is 185 Å². The lowest BCUT2D eigenvalue weighted by molar-refractivity contribution is -0.137. The number of aromatic nitrogens is 3. The Balaban J connectivity index is 1.53. The van der Waals surface area contributed by atoms with E-state index in [0.717, 1.165) is 33.5 Å². The number of rotatable bonds is 2. The van der Waals surface area contributed by atoms with E-state index >= 15 is 0 Å². The molecule has 156 valence electrons. The van der Waals surface area contributed by atoms with Crippen LogP contribution in [-0.2, 0) is 4.79 Å². The predicted octanol–water partition coefficient (Wildman–Crippen LogP) is 3.30. The normalized spacial score (nSPS) is 17.9. The third kappa shape index (κ3) is 3.59. The standard InChI is InChI=1S/C26H20N4O2/c1-30-15-14-26(32,25(30)31)13-12-18-6-5-9-20(16-18)21-10-11-22-24(29-21)23(28-17-27-22)19-7-3-2-4-8-19/h2-11,16-17,32H,14-15H2,1H3. The Hall–Kier alpha value is -4.08. The van der Waals surface area contributed by atoms with Crippen LogP contribution in [0.2, 0.25) is 0 Å². The molecule has 1 aliphatic rings. The van der Waals surface area contributed by atoms with Crippen molar-refractivity contribution in [2.75, 3.05) is 13.6 Å². The second-order valence-electron chi connectivity index (χ2n) is 7.82. The molecule has 0 spiro atoms. The SMILES string of the molecule is CN1CCC(O)(C#Cc2cccc(-c3ccc4ncnc(-c5ccccc5)c4n3)c2)C1=O. The lowest BCUT2D eigenvalue weighted by atomic mass is 10.0. The first-order valence-corrected chi connectivity index (χ1v) is 10.3. The molecule has 0 radical (unpaired) electrons. The van der Waals surface area contributed by atoms with Gasteiger partial charge in [-0.3, -0.25) is 4.79 Å². The molecule has 1 unspecified atom stereocenters. The highest BCUT2D eigenvalue weighted by Crippen LogP contribution is 2.27. The number of aliphatic hydroxyl groups is 1. The van der Waals surface area contributed by atoms with E-state index in [9.17, 15) is 9.90 Å². The van der Waals surface area contributed by atoms with Crippen LogP contribution in [0.4, 0.5) is 0 Å². The highest BCUT2D eigenvalue weighted by molar-refractivity contribution is 5.91. The van der Waals surface area contributed by atoms with Gasteiger partial charge in [0.15, 0.2) is 0 Å². The number of likely N-dealkylation sites (N-methyl/N-ethyl adjacent to an activating group) is 1. The van der Waals surface area contributed by atoms with E-state index in [2.05, 4.69) is 21.8 Å². The Bertz CT molecular complexity index is 1390. The maximum absolute atomic E-state index is 12.2. The first-order chi connectivity index (χ1) is 15.5. The summed E-state index contributed by atoms with van der Waals surface area (Å²) in [5, 5.41) is 10.5. The van der Waals surface area contributed by atoms with E-state index in [1.54, 1.807) is 13.4 Å². The van der Waals surface area contributed by atoms with Crippen LogP contribution in [0.5, 0.6) is 0 Å². The molecule has 1 amide bonds. The van der Waals surface area contributed by atoms with Crippen molar-refractivity contribution < 1.29 is 9.90 Å². The van der Waals surface area contributed by atoms with Crippen LogP contribution in [0.15, 0.2) is 73.1 Å². The van der Waals surface area contributed by atoms with Crippen LogP contribution in [0.1, 0.15) is 12.0 Å². The minimum absolute atomic E-state index is 0.309. The molecule has 0 bridgehead atoms. The molecule has 32 heavy (non-hydrogen) atoms. The molecule has 6 nitrogen and oxygen atoms in total. The van der Waals surface area contributed by atoms with Gasteiger partial charge in [-0.2, -0.15) is 0 Å². The third-order valence-electron chi connectivity index (χ3n) is 5.61. The van der Waals surface area contributed by atoms with Gasteiger partial charge in [-0.05, 0) is 24.3 Å². The number of benzene rings is 2. The van der Waals surface area contributed by atoms with Gasteiger partial charge in [-0.25, -0.2) is 15.0 Å². The second kappa shape index (κ2) is 7.88. The number of carbonyl (C=O) groups excluding carboxylic acids is 1. The van der Waals surface area contributed by atoms with Gasteiger partial charge in [0.1, 0.15) is 11.8 Å². The fourth-order valence-electron chi connectivity index (χ4n) is 3.81. The van der Waals surface area contributed by atoms with E-state index in [-0.39, 0.29) is 5.91 Å². The number of carbonyl (C=O) groups is 1. The van der Waals surface area contributed by atoms with Gasteiger partial charge in [0, 0.05) is 36.7 Å². The average Bonchev–Trinajstić information content (AvgIpc) is 3.10. The van der Waals surface area contributed by atoms with Crippen molar-refractivity contribution in [2.45, 2.75) is 12.0 Å². The molecule has 2 aromatic carbocycles. The zero-order chi connectivity index (χ0) is 22.1. The van der Waals surface area contributed by atoms with E-state index in [1.807, 2.05) is 66.7 Å². The van der Waals surface area contributed by atoms with Crippen molar-refractivity contribution in [1.29, 1.82) is 0 Å². The van der Waals surface area contributed by atoms with Crippen LogP contribution >= 0.6 is 0 Å². The molecular weight excluding hydrogens is 400 g/mol. The Kier molecular flexibility index (Phi) is 4.89. The van der Waals surface area contributed by atoms with Crippen LogP contribution in [0.25, 0.3) is 33.5 Å². The molecule has 1 N–H and O–H groups in total. The van der Waals surface area contributed by atoms with E-state index in [1.165, 1.54) is 4.90 Å². The Morgan fingerprint density at radius 2 is 1.81 bits per heavy atom. The summed E-state index contributed by atoms with van der Waals surface area (Å²) in [6, 6.07) is 21.3. The van der Waals surface area contributed by atoms with Gasteiger partial charge in [0.05, 0.1) is 16.9 Å². The summed E-state index contributed by atoms with van der Waals surface area (Å²) in [5.74, 6) is 5.37. The highest BCUT2D eigenvalue weighted by atomic mass is 16.3. The van der Waals surface area contributed by atoms with Gasteiger partial charge in [0.2, 0.25) is 5.60 Å². The molecule has 3 heterocycles. The fourth-order valence-corrected chi connectivity index (χ4v) is 3.81. The number of likely N-dealkylation sites (tertiary alicyclic amines) is 1. The van der Waals surface area contributed by atoms with Gasteiger partial charge >= 0.3 is 0 Å². The first-order valence-electron chi connectivity index (χ1n) is 10.3. The third-order valence-corrected chi connectivity index (χ3v) is 5.61. The minimum atomic E-state index is -1.62. The molecule has 6 heteroatoms. The van der Waals surface area contributed by atoms with Gasteiger partial charge in [-0.15, -0.1) is 0 Å². The Morgan fingerprint density at radius 3 is 2.59 bits per heavy atom. The van der Waals surface area contributed by atoms with Crippen LogP contribution in [0.3, 0.4) is 0 Å². The molecule has 4 aromatic rings. The van der Waals surface area contributed by atoms with Crippen molar-refractivity contribution >= 4 is 16.9 Å². The zero-order valence-corrected chi connectivity index (χ0v) is 17.5. The lowest BCUT2D eigenvalue weighted by Crippen LogP contribution is -2.37. The number of hydrogen-bond donors (Lipinski definition) is 1. The molecular formula is C26H20N4O2. The van der Waals surface area contributed by atoms with E-state index < -0.39 is 5.60 Å². The smallest absolute Gasteiger partial charge is 0.267 e. The van der Waals surface area contributed by atoms with Crippen LogP contribution in [-0.4, -0.2) is 50.1 Å². The molecule has 5 rings (SSSR count). The predicted molar refractivity (Wildman–Crippen MR) is 122 cm³/mol. The van der Waals surface area contributed by atoms with Crippen molar-refractivity contribution in [3.05, 3.63) is 78.6 Å². The summed E-state index contributed by atoms with van der Waals surface area (Å²) < 4.78 is 0. The summed E-state index contributed by atoms with van der Waals surface area (Å²) in [6.45, 7) is 0.497. The minimum Gasteiger partial charge on any atom is -0.369 e. The Morgan fingerprint density at radius 1 is 1.00 bits per heavy atom. The molecule has 2 aromatic heterocycles. The van der Waals surface area contributed by atoms with E-state index in [4.69, 9.17) is 4.98 Å². The maximum atomic E-state index is 12.2. The summed E-state index contributed by atoms with van der Waals surface area (Å²) in [5.41, 5.74) is 3.97. The number of amides is 1. The summed E-state index contributed by atoms with van der Waals surface area (Å²) in [6.07, 6.45) is 1.86. The van der Waals surface area contributed by atoms with Crippen molar-refractivity contribution in [1.82, 2.24) is 19.9 Å². The van der Waals surface area contributed by atoms with Crippen molar-refractivity contribution in [3.63, 3.8) is 0 Å². The van der Waals surface area contributed by atoms with Crippen LogP contribution in [0, 0.1) is 11.8 Å². The second-order valence-corrected chi connectivity index (χ2v) is 7.82. The molecule has 0 aliphatic carbocycles. The fraction of sp³-hybridized carbons (Fsp3) is 0.154. The number of nitrogens with zero attached hydrogens (tertiary/aromatic N) is 4. The van der Waals surface area contributed by atoms with Crippen LogP contribution < -0.4 is 0 Å². The molecule has 1 saturated heterocycles. The average molecular weight is 420 g/mol. The quantitative estimate of drug-likeness (QED) is 0.504. The highest BCUT2D eigenvalue weighted by Gasteiger charge is 2.42. The van der Waals surface area contributed by atoms with E-state index in [0.29, 0.717) is 18.5 Å². The monoisotopic (exact) mass is 420 g/mol. The largest absolute Gasteiger partial charge is 0.369 e. The molecule has 0 saturated carbocycles. The first kappa shape index (κ1) is 19.9. The molecule has 1 aliphatic heterocycles. The summed E-state index contributed by atoms with van der Waals surface area (Å²) >= 11 is 0. The number of hydrogen-bond acceptors (Lipinski definition) is 5. The summed E-state index contributed by atoms with van der Waals surface area (Å²) in [4.78, 5) is 27.3. The topological polar surface area (TPSA) is 79.2 Å². The maximum Gasteiger partial charge on any atom is 0.267 e. The van der Waals surface area contributed by atoms with Crippen molar-refractivity contribution in [3.8, 4) is 34.4 Å². The number of fused-ring (bicyclic) bond motifs is 1.